The van der Waals surface area contributed by atoms with Crippen LogP contribution in [0.3, 0.4) is 0 Å². The van der Waals surface area contributed by atoms with E-state index in [9.17, 15) is 4.39 Å². The van der Waals surface area contributed by atoms with E-state index in [4.69, 9.17) is 0 Å². The normalized spacial score (nSPS) is 12.5. The van der Waals surface area contributed by atoms with Crippen molar-refractivity contribution in [2.45, 2.75) is 40.7 Å². The van der Waals surface area contributed by atoms with Gasteiger partial charge < -0.3 is 5.32 Å². The lowest BCUT2D eigenvalue weighted by Gasteiger charge is -2.24. The Hall–Kier alpha value is -1.67. The minimum atomic E-state index is -0.108. The molecule has 0 heterocycles. The maximum Gasteiger partial charge on any atom is 0.131 e. The molecule has 2 aromatic carbocycles. The predicted octanol–water partition coefficient (Wildman–Crippen LogP) is 4.76. The van der Waals surface area contributed by atoms with E-state index < -0.39 is 0 Å². The first kappa shape index (κ1) is 15.7. The van der Waals surface area contributed by atoms with E-state index in [0.717, 1.165) is 12.1 Å². The maximum atomic E-state index is 14.6. The number of rotatable bonds is 4. The van der Waals surface area contributed by atoms with E-state index in [-0.39, 0.29) is 11.9 Å². The first-order valence-corrected chi connectivity index (χ1v) is 7.51. The molecule has 0 aliphatic heterocycles. The fraction of sp³-hybridized carbons (Fsp3) is 0.368. The van der Waals surface area contributed by atoms with Gasteiger partial charge in [-0.05, 0) is 56.5 Å². The molecular formula is C19H24FN. The molecule has 2 heteroatoms. The second kappa shape index (κ2) is 6.40. The fourth-order valence-corrected chi connectivity index (χ4v) is 3.11. The molecule has 1 unspecified atom stereocenters. The Labute approximate surface area is 127 Å². The molecule has 0 bridgehead atoms. The molecule has 0 spiro atoms. The van der Waals surface area contributed by atoms with Gasteiger partial charge in [0, 0.05) is 5.56 Å². The molecule has 2 rings (SSSR count). The highest BCUT2D eigenvalue weighted by molar-refractivity contribution is 5.45. The third-order valence-corrected chi connectivity index (χ3v) is 3.97. The minimum absolute atomic E-state index is 0.101. The molecule has 0 aliphatic carbocycles. The molecule has 0 saturated heterocycles. The van der Waals surface area contributed by atoms with E-state index in [1.807, 2.05) is 25.1 Å². The van der Waals surface area contributed by atoms with Gasteiger partial charge in [0.25, 0.3) is 0 Å². The summed E-state index contributed by atoms with van der Waals surface area (Å²) in [4.78, 5) is 0. The fourth-order valence-electron chi connectivity index (χ4n) is 3.11. The van der Waals surface area contributed by atoms with Crippen LogP contribution in [0.25, 0.3) is 0 Å². The van der Waals surface area contributed by atoms with E-state index in [2.05, 4.69) is 45.1 Å². The Morgan fingerprint density at radius 2 is 1.62 bits per heavy atom. The molecule has 0 aromatic heterocycles. The minimum Gasteiger partial charge on any atom is -0.306 e. The van der Waals surface area contributed by atoms with Gasteiger partial charge in [0.05, 0.1) is 6.04 Å². The molecule has 2 aromatic rings. The second-order valence-electron chi connectivity index (χ2n) is 5.78. The smallest absolute Gasteiger partial charge is 0.131 e. The molecule has 0 saturated carbocycles. The van der Waals surface area contributed by atoms with Crippen molar-refractivity contribution in [3.8, 4) is 0 Å². The van der Waals surface area contributed by atoms with Crippen molar-refractivity contribution in [3.05, 3.63) is 69.5 Å². The van der Waals surface area contributed by atoms with Crippen molar-refractivity contribution >= 4 is 0 Å². The molecule has 0 aliphatic rings. The summed E-state index contributed by atoms with van der Waals surface area (Å²) in [6, 6.07) is 9.86. The summed E-state index contributed by atoms with van der Waals surface area (Å²) < 4.78 is 14.6. The van der Waals surface area contributed by atoms with Crippen LogP contribution in [0.1, 0.15) is 46.3 Å². The number of hydrogen-bond acceptors (Lipinski definition) is 1. The lowest BCUT2D eigenvalue weighted by molar-refractivity contribution is 0.551. The van der Waals surface area contributed by atoms with Crippen LogP contribution in [-0.2, 0) is 0 Å². The Kier molecular flexibility index (Phi) is 4.79. The van der Waals surface area contributed by atoms with Crippen LogP contribution in [0, 0.1) is 33.5 Å². The molecule has 0 fully saturated rings. The maximum absolute atomic E-state index is 14.6. The Morgan fingerprint density at radius 3 is 2.19 bits per heavy atom. The monoisotopic (exact) mass is 285 g/mol. The van der Waals surface area contributed by atoms with Gasteiger partial charge in [-0.2, -0.15) is 0 Å². The summed E-state index contributed by atoms with van der Waals surface area (Å²) in [5.74, 6) is -0.108. The molecule has 1 nitrogen and oxygen atoms in total. The zero-order valence-corrected chi connectivity index (χ0v) is 13.5. The van der Waals surface area contributed by atoms with Crippen LogP contribution in [-0.4, -0.2) is 6.54 Å². The SMILES string of the molecule is CCNC(c1cccc(C)c1F)c1c(C)cc(C)cc1C. The number of halogens is 1. The summed E-state index contributed by atoms with van der Waals surface area (Å²) in [6.45, 7) is 11.0. The summed E-state index contributed by atoms with van der Waals surface area (Å²) in [5, 5.41) is 3.44. The van der Waals surface area contributed by atoms with Crippen LogP contribution in [0.15, 0.2) is 30.3 Å². The quantitative estimate of drug-likeness (QED) is 0.854. The van der Waals surface area contributed by atoms with E-state index >= 15 is 0 Å². The van der Waals surface area contributed by atoms with Crippen molar-refractivity contribution in [1.29, 1.82) is 0 Å². The van der Waals surface area contributed by atoms with Gasteiger partial charge in [0.15, 0.2) is 0 Å². The van der Waals surface area contributed by atoms with Gasteiger partial charge in [0.1, 0.15) is 5.82 Å². The highest BCUT2D eigenvalue weighted by Crippen LogP contribution is 2.31. The molecule has 0 radical (unpaired) electrons. The van der Waals surface area contributed by atoms with Gasteiger partial charge in [-0.1, -0.05) is 42.8 Å². The van der Waals surface area contributed by atoms with Crippen LogP contribution in [0.4, 0.5) is 4.39 Å². The lowest BCUT2D eigenvalue weighted by Crippen LogP contribution is -2.25. The van der Waals surface area contributed by atoms with Gasteiger partial charge >= 0.3 is 0 Å². The molecule has 1 atom stereocenters. The summed E-state index contributed by atoms with van der Waals surface area (Å²) in [7, 11) is 0. The van der Waals surface area contributed by atoms with Crippen LogP contribution in [0.2, 0.25) is 0 Å². The predicted molar refractivity (Wildman–Crippen MR) is 87.3 cm³/mol. The molecular weight excluding hydrogens is 261 g/mol. The van der Waals surface area contributed by atoms with Crippen molar-refractivity contribution in [2.75, 3.05) is 6.54 Å². The molecule has 112 valence electrons. The zero-order valence-electron chi connectivity index (χ0n) is 13.5. The number of aryl methyl sites for hydroxylation is 4. The Balaban J connectivity index is 2.62. The van der Waals surface area contributed by atoms with Crippen LogP contribution < -0.4 is 5.32 Å². The lowest BCUT2D eigenvalue weighted by atomic mass is 9.89. The number of nitrogens with one attached hydrogen (secondary N) is 1. The number of hydrogen-bond donors (Lipinski definition) is 1. The third kappa shape index (κ3) is 3.16. The van der Waals surface area contributed by atoms with E-state index in [0.29, 0.717) is 5.56 Å². The Morgan fingerprint density at radius 1 is 1.00 bits per heavy atom. The Bertz CT molecular complexity index is 623. The second-order valence-corrected chi connectivity index (χ2v) is 5.78. The third-order valence-electron chi connectivity index (χ3n) is 3.97. The van der Waals surface area contributed by atoms with Gasteiger partial charge in [-0.3, -0.25) is 0 Å². The largest absolute Gasteiger partial charge is 0.306 e. The van der Waals surface area contributed by atoms with Gasteiger partial charge in [-0.25, -0.2) is 4.39 Å². The standard InChI is InChI=1S/C19H24FN/c1-6-21-19(16-9-7-8-13(3)18(16)20)17-14(4)10-12(2)11-15(17)5/h7-11,19,21H,6H2,1-5H3. The van der Waals surface area contributed by atoms with Crippen LogP contribution in [0.5, 0.6) is 0 Å². The molecule has 0 amide bonds. The van der Waals surface area contributed by atoms with Crippen LogP contribution >= 0.6 is 0 Å². The van der Waals surface area contributed by atoms with Crippen molar-refractivity contribution in [1.82, 2.24) is 5.32 Å². The van der Waals surface area contributed by atoms with Crippen molar-refractivity contribution in [2.24, 2.45) is 0 Å². The molecule has 1 N–H and O–H groups in total. The van der Waals surface area contributed by atoms with Crippen molar-refractivity contribution in [3.63, 3.8) is 0 Å². The highest BCUT2D eigenvalue weighted by atomic mass is 19.1. The average Bonchev–Trinajstić information content (AvgIpc) is 2.40. The summed E-state index contributed by atoms with van der Waals surface area (Å²) in [6.07, 6.45) is 0. The number of benzene rings is 2. The van der Waals surface area contributed by atoms with Gasteiger partial charge in [-0.15, -0.1) is 0 Å². The highest BCUT2D eigenvalue weighted by Gasteiger charge is 2.21. The summed E-state index contributed by atoms with van der Waals surface area (Å²) >= 11 is 0. The first-order chi connectivity index (χ1) is 9.95. The molecule has 21 heavy (non-hydrogen) atoms. The van der Waals surface area contributed by atoms with Gasteiger partial charge in [0.2, 0.25) is 0 Å². The van der Waals surface area contributed by atoms with E-state index in [1.54, 1.807) is 0 Å². The average molecular weight is 285 g/mol. The van der Waals surface area contributed by atoms with Crippen molar-refractivity contribution < 1.29 is 4.39 Å². The topological polar surface area (TPSA) is 12.0 Å². The van der Waals surface area contributed by atoms with E-state index in [1.165, 1.54) is 22.3 Å². The zero-order chi connectivity index (χ0) is 15.6. The summed E-state index contributed by atoms with van der Waals surface area (Å²) in [5.41, 5.74) is 6.27. The first-order valence-electron chi connectivity index (χ1n) is 7.51.